The number of rotatable bonds is 3. The fourth-order valence-electron chi connectivity index (χ4n) is 1.83. The van der Waals surface area contributed by atoms with Crippen LogP contribution in [0.2, 0.25) is 0 Å². The highest BCUT2D eigenvalue weighted by atomic mass is 16.6. The van der Waals surface area contributed by atoms with Gasteiger partial charge >= 0.3 is 11.9 Å². The number of benzene rings is 1. The summed E-state index contributed by atoms with van der Waals surface area (Å²) in [6, 6.07) is 4.93. The van der Waals surface area contributed by atoms with Gasteiger partial charge in [-0.25, -0.2) is 9.59 Å². The lowest BCUT2D eigenvalue weighted by Gasteiger charge is -2.21. The number of aromatic carboxylic acids is 1. The number of hydrogen-bond donors (Lipinski definition) is 2. The van der Waals surface area contributed by atoms with Crippen molar-refractivity contribution in [2.75, 3.05) is 0 Å². The van der Waals surface area contributed by atoms with E-state index in [-0.39, 0.29) is 11.3 Å². The van der Waals surface area contributed by atoms with E-state index in [0.717, 1.165) is 0 Å². The zero-order valence-corrected chi connectivity index (χ0v) is 12.0. The van der Waals surface area contributed by atoms with Crippen LogP contribution in [0.1, 0.15) is 42.9 Å². The average Bonchev–Trinajstić information content (AvgIpc) is 2.78. The second-order valence-corrected chi connectivity index (χ2v) is 5.72. The molecule has 112 valence electrons. The molecule has 0 aliphatic heterocycles. The summed E-state index contributed by atoms with van der Waals surface area (Å²) in [5.74, 6) is -1.39. The van der Waals surface area contributed by atoms with Crippen molar-refractivity contribution in [2.45, 2.75) is 32.4 Å². The van der Waals surface area contributed by atoms with E-state index in [4.69, 9.17) is 20.0 Å². The Labute approximate surface area is 121 Å². The summed E-state index contributed by atoms with van der Waals surface area (Å²) in [7, 11) is 0. The van der Waals surface area contributed by atoms with Crippen molar-refractivity contribution in [1.29, 1.82) is 0 Å². The summed E-state index contributed by atoms with van der Waals surface area (Å²) >= 11 is 0. The molecule has 0 amide bonds. The molecular formula is C15H17NO5. The average molecular weight is 291 g/mol. The predicted octanol–water partition coefficient (Wildman–Crippen LogP) is 2.47. The molecule has 0 saturated heterocycles. The maximum atomic E-state index is 11.9. The number of esters is 1. The van der Waals surface area contributed by atoms with Gasteiger partial charge in [0.25, 0.3) is 0 Å². The second-order valence-electron chi connectivity index (χ2n) is 5.72. The molecule has 1 unspecified atom stereocenters. The van der Waals surface area contributed by atoms with Gasteiger partial charge in [-0.2, -0.15) is 0 Å². The molecule has 1 heterocycles. The fraction of sp³-hybridized carbons (Fsp3) is 0.333. The summed E-state index contributed by atoms with van der Waals surface area (Å²) in [6.45, 7) is 5.24. The van der Waals surface area contributed by atoms with E-state index in [0.29, 0.717) is 11.0 Å². The van der Waals surface area contributed by atoms with Crippen LogP contribution in [0.15, 0.2) is 28.7 Å². The van der Waals surface area contributed by atoms with Gasteiger partial charge in [-0.3, -0.25) is 0 Å². The minimum atomic E-state index is -1.05. The summed E-state index contributed by atoms with van der Waals surface area (Å²) in [5, 5.41) is 9.52. The predicted molar refractivity (Wildman–Crippen MR) is 75.9 cm³/mol. The minimum absolute atomic E-state index is 0.140. The van der Waals surface area contributed by atoms with E-state index in [1.165, 1.54) is 18.2 Å². The van der Waals surface area contributed by atoms with Crippen molar-refractivity contribution in [2.24, 2.45) is 5.73 Å². The SMILES string of the molecule is CC(C)(C)OC(=O)C(N)c1cc2cc(C(=O)O)ccc2o1. The number of nitrogens with two attached hydrogens (primary N) is 1. The number of carbonyl (C=O) groups excluding carboxylic acids is 1. The Morgan fingerprint density at radius 1 is 1.29 bits per heavy atom. The molecule has 1 atom stereocenters. The smallest absolute Gasteiger partial charge is 0.335 e. The van der Waals surface area contributed by atoms with Gasteiger partial charge < -0.3 is 20.0 Å². The highest BCUT2D eigenvalue weighted by molar-refractivity contribution is 5.93. The third-order valence-corrected chi connectivity index (χ3v) is 2.75. The summed E-state index contributed by atoms with van der Waals surface area (Å²) < 4.78 is 10.7. The number of carbonyl (C=O) groups is 2. The number of carboxylic acids is 1. The Morgan fingerprint density at radius 3 is 2.52 bits per heavy atom. The third kappa shape index (κ3) is 3.41. The largest absolute Gasteiger partial charge is 0.478 e. The number of hydrogen-bond acceptors (Lipinski definition) is 5. The zero-order chi connectivity index (χ0) is 15.8. The van der Waals surface area contributed by atoms with Crippen LogP contribution in [0.25, 0.3) is 11.0 Å². The molecule has 0 spiro atoms. The third-order valence-electron chi connectivity index (χ3n) is 2.75. The molecule has 0 aliphatic carbocycles. The van der Waals surface area contributed by atoms with Crippen LogP contribution in [0.3, 0.4) is 0 Å². The van der Waals surface area contributed by atoms with Gasteiger partial charge in [0, 0.05) is 5.39 Å². The van der Waals surface area contributed by atoms with Crippen LogP contribution in [-0.4, -0.2) is 22.6 Å². The van der Waals surface area contributed by atoms with Crippen molar-refractivity contribution in [1.82, 2.24) is 0 Å². The first-order valence-electron chi connectivity index (χ1n) is 6.42. The van der Waals surface area contributed by atoms with Gasteiger partial charge in [-0.05, 0) is 45.0 Å². The molecule has 21 heavy (non-hydrogen) atoms. The summed E-state index contributed by atoms with van der Waals surface area (Å²) in [5.41, 5.74) is 5.79. The van der Waals surface area contributed by atoms with Crippen molar-refractivity contribution in [3.63, 3.8) is 0 Å². The Morgan fingerprint density at radius 2 is 1.95 bits per heavy atom. The van der Waals surface area contributed by atoms with E-state index < -0.39 is 23.6 Å². The highest BCUT2D eigenvalue weighted by Crippen LogP contribution is 2.25. The quantitative estimate of drug-likeness (QED) is 0.842. The number of ether oxygens (including phenoxy) is 1. The molecule has 0 radical (unpaired) electrons. The van der Waals surface area contributed by atoms with Gasteiger partial charge in [-0.1, -0.05) is 0 Å². The van der Waals surface area contributed by atoms with E-state index in [1.807, 2.05) is 0 Å². The standard InChI is InChI=1S/C15H17NO5/c1-15(2,3)21-14(19)12(16)11-7-9-6-8(13(17)18)4-5-10(9)20-11/h4-7,12H,16H2,1-3H3,(H,17,18). The van der Waals surface area contributed by atoms with Crippen LogP contribution in [0.4, 0.5) is 0 Å². The zero-order valence-electron chi connectivity index (χ0n) is 12.0. The van der Waals surface area contributed by atoms with E-state index >= 15 is 0 Å². The Kier molecular flexibility index (Phi) is 3.74. The summed E-state index contributed by atoms with van der Waals surface area (Å²) in [4.78, 5) is 22.8. The molecular weight excluding hydrogens is 274 g/mol. The molecule has 2 aromatic rings. The van der Waals surface area contributed by atoms with Crippen molar-refractivity contribution < 1.29 is 23.8 Å². The van der Waals surface area contributed by atoms with Gasteiger partial charge in [0.1, 0.15) is 16.9 Å². The van der Waals surface area contributed by atoms with Crippen LogP contribution in [0.5, 0.6) is 0 Å². The number of fused-ring (bicyclic) bond motifs is 1. The Bertz CT molecular complexity index is 696. The molecule has 0 fully saturated rings. The maximum Gasteiger partial charge on any atom is 0.335 e. The van der Waals surface area contributed by atoms with Crippen LogP contribution >= 0.6 is 0 Å². The lowest BCUT2D eigenvalue weighted by molar-refractivity contribution is -0.157. The van der Waals surface area contributed by atoms with Gasteiger partial charge in [0.05, 0.1) is 5.56 Å². The van der Waals surface area contributed by atoms with E-state index in [2.05, 4.69) is 0 Å². The highest BCUT2D eigenvalue weighted by Gasteiger charge is 2.26. The summed E-state index contributed by atoms with van der Waals surface area (Å²) in [6.07, 6.45) is 0. The Balaban J connectivity index is 2.30. The lowest BCUT2D eigenvalue weighted by Crippen LogP contribution is -2.31. The van der Waals surface area contributed by atoms with Gasteiger partial charge in [-0.15, -0.1) is 0 Å². The van der Waals surface area contributed by atoms with E-state index in [9.17, 15) is 9.59 Å². The second kappa shape index (κ2) is 5.21. The molecule has 0 saturated carbocycles. The van der Waals surface area contributed by atoms with Crippen molar-refractivity contribution >= 4 is 22.9 Å². The minimum Gasteiger partial charge on any atom is -0.478 e. The molecule has 2 rings (SSSR count). The molecule has 1 aromatic heterocycles. The van der Waals surface area contributed by atoms with Gasteiger partial charge in [0.2, 0.25) is 0 Å². The molecule has 6 heteroatoms. The van der Waals surface area contributed by atoms with Crippen LogP contribution in [-0.2, 0) is 9.53 Å². The van der Waals surface area contributed by atoms with Gasteiger partial charge in [0.15, 0.2) is 6.04 Å². The number of furan rings is 1. The normalized spacial score (nSPS) is 13.1. The first-order chi connectivity index (χ1) is 9.67. The molecule has 1 aromatic carbocycles. The van der Waals surface area contributed by atoms with Crippen LogP contribution in [0, 0.1) is 0 Å². The Hall–Kier alpha value is -2.34. The topological polar surface area (TPSA) is 103 Å². The van der Waals surface area contributed by atoms with E-state index in [1.54, 1.807) is 26.8 Å². The molecule has 0 aliphatic rings. The molecule has 0 bridgehead atoms. The first-order valence-corrected chi connectivity index (χ1v) is 6.42. The molecule has 3 N–H and O–H groups in total. The molecule has 6 nitrogen and oxygen atoms in total. The van der Waals surface area contributed by atoms with Crippen molar-refractivity contribution in [3.8, 4) is 0 Å². The van der Waals surface area contributed by atoms with Crippen LogP contribution < -0.4 is 5.73 Å². The van der Waals surface area contributed by atoms with Crippen molar-refractivity contribution in [3.05, 3.63) is 35.6 Å². The fourth-order valence-corrected chi connectivity index (χ4v) is 1.83. The monoisotopic (exact) mass is 291 g/mol. The first kappa shape index (κ1) is 15.1. The number of carboxylic acid groups (broad SMARTS) is 1. The lowest BCUT2D eigenvalue weighted by atomic mass is 10.1. The maximum absolute atomic E-state index is 11.9.